The van der Waals surface area contributed by atoms with E-state index in [1.807, 2.05) is 60.7 Å². The number of carbonyl (C=O) groups excluding carboxylic acids is 2. The minimum atomic E-state index is -1.18. The number of nitrogens with zero attached hydrogens (tertiary/aromatic N) is 2. The number of hydrogen-bond donors (Lipinski definition) is 1. The molecule has 1 N–H and O–H groups in total. The van der Waals surface area contributed by atoms with Gasteiger partial charge in [-0.15, -0.1) is 0 Å². The van der Waals surface area contributed by atoms with Crippen LogP contribution in [0, 0.1) is 0 Å². The molecular formula is C36H32BN2O6. The predicted octanol–water partition coefficient (Wildman–Crippen LogP) is 6.06. The van der Waals surface area contributed by atoms with Crippen LogP contribution in [0.25, 0.3) is 22.5 Å². The third-order valence-electron chi connectivity index (χ3n) is 7.42. The van der Waals surface area contributed by atoms with Gasteiger partial charge in [-0.1, -0.05) is 78.3 Å². The maximum absolute atomic E-state index is 13.3. The number of benzene rings is 3. The van der Waals surface area contributed by atoms with Crippen LogP contribution in [0.5, 0.6) is 11.5 Å². The van der Waals surface area contributed by atoms with Crippen LogP contribution in [-0.4, -0.2) is 45.7 Å². The average Bonchev–Trinajstić information content (AvgIpc) is 3.04. The molecule has 225 valence electrons. The second kappa shape index (κ2) is 13.3. The maximum Gasteiger partial charge on any atom is 0.343 e. The standard InChI is InChI=1S/C36H32BN2O6/c1-35(2,42)36(3,4)45-37-28-20-26(33(40)43-29-15-17-31(38-22-29)24-11-7-5-8-12-24)19-27(21-28)34(41)44-30-16-18-32(39-23-30)25-13-9-6-10-14-25/h5-23,42H,1-4H3. The fraction of sp³-hybridized carbons (Fsp3) is 0.167. The number of ether oxygens (including phenoxy) is 2. The van der Waals surface area contributed by atoms with Crippen LogP contribution in [0.4, 0.5) is 0 Å². The molecule has 3 aromatic carbocycles. The average molecular weight is 599 g/mol. The molecule has 45 heavy (non-hydrogen) atoms. The summed E-state index contributed by atoms with van der Waals surface area (Å²) in [5.74, 6) is -0.933. The van der Waals surface area contributed by atoms with E-state index in [1.165, 1.54) is 38.1 Å². The van der Waals surface area contributed by atoms with Gasteiger partial charge >= 0.3 is 19.4 Å². The summed E-state index contributed by atoms with van der Waals surface area (Å²) in [7, 11) is 1.39. The Morgan fingerprint density at radius 3 is 1.47 bits per heavy atom. The molecule has 8 nitrogen and oxygen atoms in total. The van der Waals surface area contributed by atoms with E-state index in [1.54, 1.807) is 52.0 Å². The Balaban J connectivity index is 1.37. The van der Waals surface area contributed by atoms with Gasteiger partial charge < -0.3 is 19.2 Å². The highest BCUT2D eigenvalue weighted by Crippen LogP contribution is 2.25. The minimum absolute atomic E-state index is 0.0880. The third kappa shape index (κ3) is 7.89. The first kappa shape index (κ1) is 31.3. The first-order chi connectivity index (χ1) is 21.5. The van der Waals surface area contributed by atoms with Gasteiger partial charge in [0.25, 0.3) is 0 Å². The molecule has 0 aliphatic rings. The van der Waals surface area contributed by atoms with Crippen LogP contribution >= 0.6 is 0 Å². The van der Waals surface area contributed by atoms with Gasteiger partial charge in [-0.2, -0.15) is 0 Å². The first-order valence-corrected chi connectivity index (χ1v) is 14.3. The molecule has 5 aromatic rings. The molecule has 1 radical (unpaired) electrons. The Morgan fingerprint density at radius 1 is 0.644 bits per heavy atom. The highest BCUT2D eigenvalue weighted by atomic mass is 16.5. The summed E-state index contributed by atoms with van der Waals surface area (Å²) < 4.78 is 17.1. The van der Waals surface area contributed by atoms with Crippen LogP contribution in [0.15, 0.2) is 116 Å². The van der Waals surface area contributed by atoms with Crippen LogP contribution in [0.2, 0.25) is 0 Å². The van der Waals surface area contributed by atoms with E-state index in [0.717, 1.165) is 22.5 Å². The number of aliphatic hydroxyl groups is 1. The van der Waals surface area contributed by atoms with E-state index >= 15 is 0 Å². The van der Waals surface area contributed by atoms with Crippen molar-refractivity contribution < 1.29 is 28.8 Å². The molecule has 0 saturated carbocycles. The Kier molecular flexibility index (Phi) is 9.22. The molecule has 0 atom stereocenters. The van der Waals surface area contributed by atoms with E-state index in [9.17, 15) is 14.7 Å². The highest BCUT2D eigenvalue weighted by Gasteiger charge is 2.36. The van der Waals surface area contributed by atoms with E-state index in [4.69, 9.17) is 14.1 Å². The Hall–Kier alpha value is -5.12. The lowest BCUT2D eigenvalue weighted by atomic mass is 9.81. The zero-order valence-electron chi connectivity index (χ0n) is 25.4. The lowest BCUT2D eigenvalue weighted by molar-refractivity contribution is -0.0893. The molecule has 2 aromatic heterocycles. The second-order valence-electron chi connectivity index (χ2n) is 11.4. The summed E-state index contributed by atoms with van der Waals surface area (Å²) in [4.78, 5) is 35.4. The Labute approximate surface area is 262 Å². The number of carbonyl (C=O) groups is 2. The van der Waals surface area contributed by atoms with Crippen molar-refractivity contribution >= 4 is 24.9 Å². The van der Waals surface area contributed by atoms with Crippen molar-refractivity contribution in [3.05, 3.63) is 127 Å². The van der Waals surface area contributed by atoms with E-state index < -0.39 is 23.1 Å². The molecule has 0 bridgehead atoms. The van der Waals surface area contributed by atoms with Gasteiger partial charge in [0.15, 0.2) is 0 Å². The molecule has 0 unspecified atom stereocenters. The zero-order chi connectivity index (χ0) is 32.0. The van der Waals surface area contributed by atoms with Crippen molar-refractivity contribution in [2.45, 2.75) is 38.9 Å². The molecule has 0 saturated heterocycles. The molecule has 0 fully saturated rings. The van der Waals surface area contributed by atoms with Crippen LogP contribution in [-0.2, 0) is 4.65 Å². The van der Waals surface area contributed by atoms with Gasteiger partial charge in [0.2, 0.25) is 0 Å². The predicted molar refractivity (Wildman–Crippen MR) is 173 cm³/mol. The fourth-order valence-electron chi connectivity index (χ4n) is 4.09. The summed E-state index contributed by atoms with van der Waals surface area (Å²) in [5, 5.41) is 10.5. The Morgan fingerprint density at radius 2 is 1.09 bits per heavy atom. The topological polar surface area (TPSA) is 108 Å². The monoisotopic (exact) mass is 599 g/mol. The smallest absolute Gasteiger partial charge is 0.343 e. The van der Waals surface area contributed by atoms with Crippen molar-refractivity contribution in [3.63, 3.8) is 0 Å². The SMILES string of the molecule is CC(C)(O)C(C)(C)O[B]c1cc(C(=O)Oc2ccc(-c3ccccc3)nc2)cc(C(=O)Oc2ccc(-c3ccccc3)nc2)c1. The number of aromatic nitrogens is 2. The molecule has 2 heterocycles. The van der Waals surface area contributed by atoms with Gasteiger partial charge in [0.1, 0.15) is 11.5 Å². The minimum Gasteiger partial charge on any atom is -0.427 e. The van der Waals surface area contributed by atoms with Crippen molar-refractivity contribution in [2.24, 2.45) is 0 Å². The zero-order valence-corrected chi connectivity index (χ0v) is 25.4. The van der Waals surface area contributed by atoms with Crippen molar-refractivity contribution in [1.82, 2.24) is 9.97 Å². The van der Waals surface area contributed by atoms with Gasteiger partial charge in [0, 0.05) is 11.1 Å². The van der Waals surface area contributed by atoms with Crippen molar-refractivity contribution in [1.29, 1.82) is 0 Å². The van der Waals surface area contributed by atoms with Gasteiger partial charge in [-0.3, -0.25) is 9.97 Å². The number of rotatable bonds is 10. The number of hydrogen-bond acceptors (Lipinski definition) is 8. The second-order valence-corrected chi connectivity index (χ2v) is 11.4. The summed E-state index contributed by atoms with van der Waals surface area (Å²) in [6, 6.07) is 30.5. The third-order valence-corrected chi connectivity index (χ3v) is 7.42. The molecule has 0 aliphatic heterocycles. The summed E-state index contributed by atoms with van der Waals surface area (Å²) >= 11 is 0. The molecule has 0 spiro atoms. The van der Waals surface area contributed by atoms with E-state index in [-0.39, 0.29) is 22.6 Å². The summed E-state index contributed by atoms with van der Waals surface area (Å²) in [6.45, 7) is 6.72. The fourth-order valence-corrected chi connectivity index (χ4v) is 4.09. The van der Waals surface area contributed by atoms with E-state index in [2.05, 4.69) is 9.97 Å². The lowest BCUT2D eigenvalue weighted by Crippen LogP contribution is -2.49. The van der Waals surface area contributed by atoms with Gasteiger partial charge in [-0.25, -0.2) is 9.59 Å². The van der Waals surface area contributed by atoms with Crippen molar-refractivity contribution in [2.75, 3.05) is 0 Å². The largest absolute Gasteiger partial charge is 0.427 e. The van der Waals surface area contributed by atoms with Gasteiger partial charge in [0.05, 0.1) is 46.1 Å². The molecule has 9 heteroatoms. The quantitative estimate of drug-likeness (QED) is 0.153. The van der Waals surface area contributed by atoms with Gasteiger partial charge in [-0.05, 0) is 58.0 Å². The molecule has 0 amide bonds. The molecule has 0 aliphatic carbocycles. The van der Waals surface area contributed by atoms with Crippen LogP contribution < -0.4 is 14.9 Å². The number of esters is 2. The number of pyridine rings is 2. The van der Waals surface area contributed by atoms with Crippen LogP contribution in [0.1, 0.15) is 48.4 Å². The normalized spacial score (nSPS) is 11.5. The molecular weight excluding hydrogens is 567 g/mol. The Bertz CT molecular complexity index is 1650. The highest BCUT2D eigenvalue weighted by molar-refractivity contribution is 6.47. The van der Waals surface area contributed by atoms with Crippen LogP contribution in [0.3, 0.4) is 0 Å². The lowest BCUT2D eigenvalue weighted by Gasteiger charge is -2.37. The maximum atomic E-state index is 13.3. The molecule has 5 rings (SSSR count). The first-order valence-electron chi connectivity index (χ1n) is 14.3. The van der Waals surface area contributed by atoms with E-state index in [0.29, 0.717) is 5.46 Å². The summed E-state index contributed by atoms with van der Waals surface area (Å²) in [6.07, 6.45) is 2.93. The van der Waals surface area contributed by atoms with Crippen molar-refractivity contribution in [3.8, 4) is 34.0 Å². The summed E-state index contributed by atoms with van der Waals surface area (Å²) in [5.41, 5.74) is 1.73.